The first-order valence-corrected chi connectivity index (χ1v) is 24.2. The molecule has 1 aromatic heterocycles. The summed E-state index contributed by atoms with van der Waals surface area (Å²) in [6.07, 6.45) is 2.93. The van der Waals surface area contributed by atoms with Crippen LogP contribution in [0, 0.1) is 5.92 Å². The Labute approximate surface area is 420 Å². The van der Waals surface area contributed by atoms with E-state index in [1.807, 2.05) is 13.8 Å². The number of likely N-dealkylation sites (tertiary alicyclic amines) is 3. The lowest BCUT2D eigenvalue weighted by molar-refractivity contribution is -0.151. The van der Waals surface area contributed by atoms with Gasteiger partial charge in [0.1, 0.15) is 54.1 Å². The second-order valence-corrected chi connectivity index (χ2v) is 19.0. The highest BCUT2D eigenvalue weighted by atomic mass is 16.4. The second-order valence-electron chi connectivity index (χ2n) is 19.0. The number of carbonyl (C=O) groups is 11. The van der Waals surface area contributed by atoms with E-state index in [4.69, 9.17) is 11.5 Å². The average molecular weight is 1020 g/mol. The molecule has 0 aliphatic carbocycles. The van der Waals surface area contributed by atoms with Gasteiger partial charge in [-0.3, -0.25) is 47.9 Å². The Balaban J connectivity index is 1.27. The summed E-state index contributed by atoms with van der Waals surface area (Å²) in [6, 6.07) is -5.98. The van der Waals surface area contributed by atoms with Crippen LogP contribution in [0.4, 0.5) is 0 Å². The predicted molar refractivity (Wildman–Crippen MR) is 255 cm³/mol. The summed E-state index contributed by atoms with van der Waals surface area (Å²) < 4.78 is 0. The normalized spacial score (nSPS) is 20.0. The molecule has 26 heteroatoms. The number of nitrogens with zero attached hydrogens (tertiary/aromatic N) is 4. The maximum absolute atomic E-state index is 14.4. The fourth-order valence-electron chi connectivity index (χ4n) is 9.25. The molecule has 4 heterocycles. The average Bonchev–Trinajstić information content (AvgIpc) is 4.18. The zero-order chi connectivity index (χ0) is 53.7. The number of rotatable bonds is 24. The fraction of sp³-hybridized carbons (Fsp3) is 0.574. The Morgan fingerprint density at radius 1 is 0.671 bits per heavy atom. The molecule has 73 heavy (non-hydrogen) atoms. The van der Waals surface area contributed by atoms with E-state index >= 15 is 0 Å². The number of hydrogen-bond acceptors (Lipinski definition) is 14. The van der Waals surface area contributed by atoms with Crippen molar-refractivity contribution in [3.8, 4) is 5.75 Å². The number of nitrogens with one attached hydrogen (secondary N) is 6. The van der Waals surface area contributed by atoms with Crippen LogP contribution < -0.4 is 38.1 Å². The van der Waals surface area contributed by atoms with Gasteiger partial charge in [-0.1, -0.05) is 26.0 Å². The van der Waals surface area contributed by atoms with E-state index in [0.29, 0.717) is 36.9 Å². The smallest absolute Gasteiger partial charge is 0.326 e. The predicted octanol–water partition coefficient (Wildman–Crippen LogP) is -2.87. The highest BCUT2D eigenvalue weighted by Crippen LogP contribution is 2.29. The van der Waals surface area contributed by atoms with Crippen LogP contribution in [-0.2, 0) is 65.6 Å². The van der Waals surface area contributed by atoms with Crippen LogP contribution in [0.5, 0.6) is 5.75 Å². The number of H-pyrrole nitrogens is 1. The van der Waals surface area contributed by atoms with Crippen LogP contribution in [0.15, 0.2) is 36.8 Å². The number of phenols is 1. The van der Waals surface area contributed by atoms with Crippen LogP contribution in [-0.4, -0.2) is 179 Å². The number of hydrogen-bond donors (Lipinski definition) is 11. The summed E-state index contributed by atoms with van der Waals surface area (Å²) in [4.78, 5) is 157. The zero-order valence-corrected chi connectivity index (χ0v) is 40.9. The van der Waals surface area contributed by atoms with Gasteiger partial charge in [-0.2, -0.15) is 0 Å². The number of aromatic amines is 1. The number of carboxylic acid groups (broad SMARTS) is 2. The largest absolute Gasteiger partial charge is 0.508 e. The van der Waals surface area contributed by atoms with Gasteiger partial charge in [0.25, 0.3) is 0 Å². The van der Waals surface area contributed by atoms with Crippen molar-refractivity contribution >= 4 is 65.1 Å². The van der Waals surface area contributed by atoms with Crippen molar-refractivity contribution in [1.29, 1.82) is 0 Å². The fourth-order valence-corrected chi connectivity index (χ4v) is 9.25. The van der Waals surface area contributed by atoms with Gasteiger partial charge in [-0.15, -0.1) is 0 Å². The van der Waals surface area contributed by atoms with E-state index in [1.54, 1.807) is 0 Å². The van der Waals surface area contributed by atoms with Gasteiger partial charge in [-0.25, -0.2) is 9.78 Å². The monoisotopic (exact) mass is 1020 g/mol. The Hall–Kier alpha value is -7.64. The van der Waals surface area contributed by atoms with Gasteiger partial charge >= 0.3 is 11.9 Å². The Bertz CT molecular complexity index is 2370. The number of aliphatic carboxylic acids is 2. The van der Waals surface area contributed by atoms with E-state index in [9.17, 15) is 68.1 Å². The molecular weight excluding hydrogens is 957 g/mol. The molecule has 3 aliphatic rings. The number of carboxylic acids is 2. The SMILES string of the molecule is CC(C)C[C@H](N)C(=O)N[C@@H](CC(N)=O)C(=O)N1CCC[C@H]1C(=O)N1CCC[C@H]1C(=O)N1CCC[C@H]1C(=O)N[C@@H](Cc1ccc(O)cc1)C(=O)N[C@@H](C)C(=O)N[C@@H](CC(=O)O)C(=O)N[C@@H](Cc1cnc[nH]1)C(=O)O. The molecule has 0 radical (unpaired) electrons. The third-order valence-corrected chi connectivity index (χ3v) is 12.9. The molecule has 26 nitrogen and oxygen atoms in total. The summed E-state index contributed by atoms with van der Waals surface area (Å²) in [5, 5.41) is 41.3. The first-order valence-electron chi connectivity index (χ1n) is 24.2. The number of carbonyl (C=O) groups excluding carboxylic acids is 9. The van der Waals surface area contributed by atoms with E-state index < -0.39 is 132 Å². The number of benzene rings is 1. The van der Waals surface area contributed by atoms with Crippen molar-refractivity contribution in [3.63, 3.8) is 0 Å². The molecule has 9 atom stereocenters. The molecule has 3 saturated heterocycles. The van der Waals surface area contributed by atoms with Crippen molar-refractivity contribution in [2.45, 2.75) is 146 Å². The number of phenolic OH excluding ortho intramolecular Hbond substituents is 1. The molecule has 398 valence electrons. The minimum atomic E-state index is -1.78. The quantitative estimate of drug-likeness (QED) is 0.0503. The lowest BCUT2D eigenvalue weighted by atomic mass is 10.0. The lowest BCUT2D eigenvalue weighted by Gasteiger charge is -2.35. The number of aromatic hydroxyl groups is 1. The molecule has 3 aliphatic heterocycles. The van der Waals surface area contributed by atoms with Gasteiger partial charge in [0.15, 0.2) is 0 Å². The standard InChI is InChI=1S/C47H66N12O14/c1-24(2)17-29(48)40(65)55-32(20-37(49)61)44(69)58-15-5-8-35(58)46(71)59-16-6-9-36(59)45(70)57-14-4-7-34(57)43(68)54-30(18-26-10-12-28(60)13-11-26)41(66)52-25(3)39(64)53-31(21-38(62)63)42(67)56-33(47(72)73)19-27-22-50-23-51-27/h10-13,22-25,29-36,60H,4-9,14-21,48H2,1-3H3,(H2,49,61)(H,50,51)(H,52,66)(H,53,64)(H,54,68)(H,55,65)(H,56,67)(H,62,63)(H,72,73)/t25-,29-,30-,31-,32-,33-,34-,35-,36-/m0/s1. The minimum Gasteiger partial charge on any atom is -0.508 e. The molecule has 5 rings (SSSR count). The first-order chi connectivity index (χ1) is 34.5. The van der Waals surface area contributed by atoms with Crippen molar-refractivity contribution in [3.05, 3.63) is 48.0 Å². The van der Waals surface area contributed by atoms with Crippen molar-refractivity contribution in [2.75, 3.05) is 19.6 Å². The van der Waals surface area contributed by atoms with Gasteiger partial charge in [-0.05, 0) is 75.5 Å². The first kappa shape index (κ1) is 56.3. The van der Waals surface area contributed by atoms with Crippen molar-refractivity contribution in [2.24, 2.45) is 17.4 Å². The van der Waals surface area contributed by atoms with E-state index in [-0.39, 0.29) is 63.4 Å². The maximum Gasteiger partial charge on any atom is 0.326 e. The summed E-state index contributed by atoms with van der Waals surface area (Å²) in [5.74, 6) is -10.0. The Morgan fingerprint density at radius 2 is 1.22 bits per heavy atom. The number of aromatic nitrogens is 2. The van der Waals surface area contributed by atoms with Crippen molar-refractivity contribution in [1.82, 2.24) is 51.3 Å². The van der Waals surface area contributed by atoms with Crippen LogP contribution in [0.1, 0.15) is 89.8 Å². The molecule has 0 saturated carbocycles. The van der Waals surface area contributed by atoms with E-state index in [2.05, 4.69) is 36.6 Å². The maximum atomic E-state index is 14.4. The molecule has 9 amide bonds. The molecule has 1 aromatic carbocycles. The molecule has 0 unspecified atom stereocenters. The molecule has 3 fully saturated rings. The highest BCUT2D eigenvalue weighted by Gasteiger charge is 2.47. The van der Waals surface area contributed by atoms with E-state index in [0.717, 1.165) is 0 Å². The summed E-state index contributed by atoms with van der Waals surface area (Å²) >= 11 is 0. The van der Waals surface area contributed by atoms with Crippen LogP contribution >= 0.6 is 0 Å². The van der Waals surface area contributed by atoms with Crippen molar-refractivity contribution < 1.29 is 68.1 Å². The third kappa shape index (κ3) is 15.4. The zero-order valence-electron chi connectivity index (χ0n) is 40.9. The summed E-state index contributed by atoms with van der Waals surface area (Å²) in [6.45, 7) is 5.40. The second kappa shape index (κ2) is 25.7. The van der Waals surface area contributed by atoms with Crippen LogP contribution in [0.3, 0.4) is 0 Å². The summed E-state index contributed by atoms with van der Waals surface area (Å²) in [7, 11) is 0. The topological polar surface area (TPSA) is 399 Å². The molecule has 0 spiro atoms. The Morgan fingerprint density at radius 3 is 1.78 bits per heavy atom. The number of amides is 9. The molecule has 0 bridgehead atoms. The van der Waals surface area contributed by atoms with Gasteiger partial charge in [0, 0.05) is 44.4 Å². The lowest BCUT2D eigenvalue weighted by Crippen LogP contribution is -2.60. The number of nitrogens with two attached hydrogens (primary N) is 2. The van der Waals surface area contributed by atoms with Gasteiger partial charge in [0.05, 0.1) is 25.2 Å². The van der Waals surface area contributed by atoms with E-state index in [1.165, 1.54) is 58.4 Å². The molecule has 13 N–H and O–H groups in total. The van der Waals surface area contributed by atoms with Gasteiger partial charge in [0.2, 0.25) is 53.2 Å². The third-order valence-electron chi connectivity index (χ3n) is 12.9. The van der Waals surface area contributed by atoms with Crippen LogP contribution in [0.2, 0.25) is 0 Å². The Kier molecular flexibility index (Phi) is 19.8. The van der Waals surface area contributed by atoms with Gasteiger partial charge < -0.3 is 73.1 Å². The minimum absolute atomic E-state index is 0.0626. The molecule has 2 aromatic rings. The number of imidazole rings is 1. The van der Waals surface area contributed by atoms with Crippen LogP contribution in [0.25, 0.3) is 0 Å². The molecular formula is C47H66N12O14. The highest BCUT2D eigenvalue weighted by molar-refractivity contribution is 5.99. The summed E-state index contributed by atoms with van der Waals surface area (Å²) in [5.41, 5.74) is 12.3. The number of primary amides is 1.